The molecule has 0 spiro atoms. The Morgan fingerprint density at radius 2 is 1.96 bits per heavy atom. The average Bonchev–Trinajstić information content (AvgIpc) is 3.14. The third kappa shape index (κ3) is 2.67. The van der Waals surface area contributed by atoms with Crippen LogP contribution in [-0.2, 0) is 6.42 Å². The molecule has 0 atom stereocenters. The first-order chi connectivity index (χ1) is 11.2. The quantitative estimate of drug-likeness (QED) is 0.502. The SMILES string of the molecule is Nc1ccc2nc(-c3ccc4nc(CCCO)[nH]c4c3)sc2c1. The van der Waals surface area contributed by atoms with E-state index in [4.69, 9.17) is 10.8 Å². The Balaban J connectivity index is 1.74. The molecular formula is C17H16N4OS. The highest BCUT2D eigenvalue weighted by molar-refractivity contribution is 7.21. The number of imidazole rings is 1. The lowest BCUT2D eigenvalue weighted by molar-refractivity contribution is 0.287. The number of nitrogens with zero attached hydrogens (tertiary/aromatic N) is 2. The van der Waals surface area contributed by atoms with E-state index < -0.39 is 0 Å². The molecule has 2 heterocycles. The lowest BCUT2D eigenvalue weighted by Gasteiger charge is -1.95. The zero-order valence-electron chi connectivity index (χ0n) is 12.4. The number of nitrogens with two attached hydrogens (primary N) is 1. The van der Waals surface area contributed by atoms with Crippen molar-refractivity contribution >= 4 is 38.3 Å². The van der Waals surface area contributed by atoms with Crippen molar-refractivity contribution in [2.75, 3.05) is 12.3 Å². The highest BCUT2D eigenvalue weighted by Crippen LogP contribution is 2.32. The summed E-state index contributed by atoms with van der Waals surface area (Å²) in [4.78, 5) is 12.5. The lowest BCUT2D eigenvalue weighted by Crippen LogP contribution is -1.90. The topological polar surface area (TPSA) is 87.8 Å². The molecule has 6 heteroatoms. The molecule has 0 aliphatic carbocycles. The van der Waals surface area contributed by atoms with Crippen molar-refractivity contribution in [1.29, 1.82) is 0 Å². The molecule has 0 saturated carbocycles. The zero-order valence-corrected chi connectivity index (χ0v) is 13.2. The normalized spacial score (nSPS) is 11.5. The summed E-state index contributed by atoms with van der Waals surface area (Å²) in [6.07, 6.45) is 1.47. The molecule has 5 nitrogen and oxygen atoms in total. The van der Waals surface area contributed by atoms with Crippen LogP contribution in [0.2, 0.25) is 0 Å². The van der Waals surface area contributed by atoms with Gasteiger partial charge in [0.25, 0.3) is 0 Å². The van der Waals surface area contributed by atoms with Crippen LogP contribution in [0.4, 0.5) is 5.69 Å². The Labute approximate surface area is 136 Å². The van der Waals surface area contributed by atoms with Crippen molar-refractivity contribution in [3.63, 3.8) is 0 Å². The van der Waals surface area contributed by atoms with Crippen molar-refractivity contribution in [1.82, 2.24) is 15.0 Å². The molecule has 0 fully saturated rings. The number of thiazole rings is 1. The number of aromatic nitrogens is 3. The van der Waals surface area contributed by atoms with Gasteiger partial charge in [0.15, 0.2) is 0 Å². The molecule has 2 aromatic carbocycles. The molecule has 0 aliphatic heterocycles. The van der Waals surface area contributed by atoms with Gasteiger partial charge in [0.1, 0.15) is 10.8 Å². The summed E-state index contributed by atoms with van der Waals surface area (Å²) < 4.78 is 1.09. The van der Waals surface area contributed by atoms with Crippen molar-refractivity contribution in [3.05, 3.63) is 42.2 Å². The molecule has 0 radical (unpaired) electrons. The minimum atomic E-state index is 0.178. The maximum atomic E-state index is 8.93. The van der Waals surface area contributed by atoms with Gasteiger partial charge >= 0.3 is 0 Å². The van der Waals surface area contributed by atoms with Crippen LogP contribution in [0, 0.1) is 0 Å². The van der Waals surface area contributed by atoms with Gasteiger partial charge in [0.2, 0.25) is 0 Å². The van der Waals surface area contributed by atoms with E-state index in [0.717, 1.165) is 49.8 Å². The molecule has 0 aliphatic rings. The number of aryl methyl sites for hydroxylation is 1. The molecule has 2 aromatic heterocycles. The van der Waals surface area contributed by atoms with E-state index >= 15 is 0 Å². The average molecular weight is 324 g/mol. The number of H-pyrrole nitrogens is 1. The van der Waals surface area contributed by atoms with Crippen LogP contribution in [0.3, 0.4) is 0 Å². The van der Waals surface area contributed by atoms with Crippen LogP contribution in [0.5, 0.6) is 0 Å². The second-order valence-corrected chi connectivity index (χ2v) is 6.52. The smallest absolute Gasteiger partial charge is 0.124 e. The van der Waals surface area contributed by atoms with E-state index in [2.05, 4.69) is 21.0 Å². The van der Waals surface area contributed by atoms with E-state index in [-0.39, 0.29) is 6.61 Å². The number of hydrogen-bond donors (Lipinski definition) is 3. The molecule has 4 N–H and O–H groups in total. The molecule has 0 unspecified atom stereocenters. The van der Waals surface area contributed by atoms with Gasteiger partial charge in [-0.25, -0.2) is 9.97 Å². The van der Waals surface area contributed by atoms with Crippen molar-refractivity contribution in [3.8, 4) is 10.6 Å². The van der Waals surface area contributed by atoms with Crippen LogP contribution in [-0.4, -0.2) is 26.7 Å². The fraction of sp³-hybridized carbons (Fsp3) is 0.176. The van der Waals surface area contributed by atoms with Crippen molar-refractivity contribution in [2.24, 2.45) is 0 Å². The van der Waals surface area contributed by atoms with Gasteiger partial charge < -0.3 is 15.8 Å². The van der Waals surface area contributed by atoms with Gasteiger partial charge in [-0.3, -0.25) is 0 Å². The first kappa shape index (κ1) is 14.2. The number of anilines is 1. The molecule has 0 amide bonds. The number of aromatic amines is 1. The summed E-state index contributed by atoms with van der Waals surface area (Å²) >= 11 is 1.64. The number of aliphatic hydroxyl groups is 1. The third-order valence-corrected chi connectivity index (χ3v) is 4.83. The Kier molecular flexibility index (Phi) is 3.48. The predicted octanol–water partition coefficient (Wildman–Crippen LogP) is 3.35. The summed E-state index contributed by atoms with van der Waals surface area (Å²) in [5.74, 6) is 0.906. The summed E-state index contributed by atoms with van der Waals surface area (Å²) in [6, 6.07) is 11.9. The number of nitrogens with one attached hydrogen (secondary N) is 1. The molecule has 23 heavy (non-hydrogen) atoms. The zero-order chi connectivity index (χ0) is 15.8. The van der Waals surface area contributed by atoms with Crippen LogP contribution < -0.4 is 5.73 Å². The summed E-state index contributed by atoms with van der Waals surface area (Å²) in [5.41, 5.74) is 10.6. The number of hydrogen-bond acceptors (Lipinski definition) is 5. The van der Waals surface area contributed by atoms with E-state index in [0.29, 0.717) is 6.42 Å². The summed E-state index contributed by atoms with van der Waals surface area (Å²) in [7, 11) is 0. The maximum absolute atomic E-state index is 8.93. The third-order valence-electron chi connectivity index (χ3n) is 3.76. The lowest BCUT2D eigenvalue weighted by atomic mass is 10.2. The minimum Gasteiger partial charge on any atom is -0.399 e. The van der Waals surface area contributed by atoms with E-state index in [9.17, 15) is 0 Å². The molecule has 0 bridgehead atoms. The standard InChI is InChI=1S/C17H16N4OS/c18-11-4-6-13-15(9-11)23-17(21-13)10-3-5-12-14(8-10)20-16(19-12)2-1-7-22/h3-6,8-9,22H,1-2,7,18H2,(H,19,20). The maximum Gasteiger partial charge on any atom is 0.124 e. The Morgan fingerprint density at radius 1 is 1.09 bits per heavy atom. The predicted molar refractivity (Wildman–Crippen MR) is 94.5 cm³/mol. The fourth-order valence-electron chi connectivity index (χ4n) is 2.63. The molecular weight excluding hydrogens is 308 g/mol. The second-order valence-electron chi connectivity index (χ2n) is 5.49. The highest BCUT2D eigenvalue weighted by Gasteiger charge is 2.09. The monoisotopic (exact) mass is 324 g/mol. The summed E-state index contributed by atoms with van der Waals surface area (Å²) in [6.45, 7) is 0.178. The largest absolute Gasteiger partial charge is 0.399 e. The number of benzene rings is 2. The highest BCUT2D eigenvalue weighted by atomic mass is 32.1. The molecule has 4 aromatic rings. The van der Waals surface area contributed by atoms with Crippen molar-refractivity contribution in [2.45, 2.75) is 12.8 Å². The van der Waals surface area contributed by atoms with Crippen LogP contribution >= 0.6 is 11.3 Å². The first-order valence-electron chi connectivity index (χ1n) is 7.49. The van der Waals surface area contributed by atoms with Gasteiger partial charge in [-0.2, -0.15) is 0 Å². The fourth-order valence-corrected chi connectivity index (χ4v) is 3.64. The van der Waals surface area contributed by atoms with Crippen molar-refractivity contribution < 1.29 is 5.11 Å². The van der Waals surface area contributed by atoms with E-state index in [1.165, 1.54) is 0 Å². The molecule has 0 saturated heterocycles. The Bertz CT molecular complexity index is 989. The van der Waals surface area contributed by atoms with Crippen LogP contribution in [0.15, 0.2) is 36.4 Å². The number of aliphatic hydroxyl groups excluding tert-OH is 1. The van der Waals surface area contributed by atoms with E-state index in [1.807, 2.05) is 30.3 Å². The van der Waals surface area contributed by atoms with Gasteiger partial charge in [0, 0.05) is 24.3 Å². The number of rotatable bonds is 4. The Morgan fingerprint density at radius 3 is 2.83 bits per heavy atom. The van der Waals surface area contributed by atoms with Gasteiger partial charge in [-0.05, 0) is 42.8 Å². The minimum absolute atomic E-state index is 0.178. The Hall–Kier alpha value is -2.44. The molecule has 116 valence electrons. The number of fused-ring (bicyclic) bond motifs is 2. The first-order valence-corrected chi connectivity index (χ1v) is 8.30. The van der Waals surface area contributed by atoms with Gasteiger partial charge in [-0.15, -0.1) is 11.3 Å². The van der Waals surface area contributed by atoms with Gasteiger partial charge in [0.05, 0.1) is 21.3 Å². The second kappa shape index (κ2) is 5.64. The summed E-state index contributed by atoms with van der Waals surface area (Å²) in [5, 5.41) is 9.90. The van der Waals surface area contributed by atoms with E-state index in [1.54, 1.807) is 11.3 Å². The van der Waals surface area contributed by atoms with Crippen LogP contribution in [0.1, 0.15) is 12.2 Å². The number of nitrogen functional groups attached to an aromatic ring is 1. The van der Waals surface area contributed by atoms with Crippen LogP contribution in [0.25, 0.3) is 31.8 Å². The van der Waals surface area contributed by atoms with Gasteiger partial charge in [-0.1, -0.05) is 0 Å². The molecule has 4 rings (SSSR count).